The molecule has 0 saturated carbocycles. The minimum atomic E-state index is 0.515. The van der Waals surface area contributed by atoms with Crippen LogP contribution in [0.1, 0.15) is 10.4 Å². The van der Waals surface area contributed by atoms with Gasteiger partial charge in [0.2, 0.25) is 0 Å². The number of nitriles is 1. The predicted octanol–water partition coefficient (Wildman–Crippen LogP) is 6.02. The summed E-state index contributed by atoms with van der Waals surface area (Å²) in [4.78, 5) is 12.7. The Hall–Kier alpha value is -3.96. The molecule has 1 unspecified atom stereocenters. The molecular weight excluding hydrogens is 476 g/mol. The lowest BCUT2D eigenvalue weighted by Crippen LogP contribution is -2.50. The van der Waals surface area contributed by atoms with Gasteiger partial charge in [-0.1, -0.05) is 18.2 Å². The number of anilines is 2. The fourth-order valence-electron chi connectivity index (χ4n) is 4.98. The minimum Gasteiger partial charge on any atom is -0.361 e. The number of fused-ring (bicyclic) bond motifs is 1. The van der Waals surface area contributed by atoms with Crippen LogP contribution in [0.3, 0.4) is 0 Å². The van der Waals surface area contributed by atoms with Crippen LogP contribution in [-0.2, 0) is 6.42 Å². The first-order chi connectivity index (χ1) is 18.2. The molecule has 0 spiro atoms. The number of aromatic nitrogens is 2. The van der Waals surface area contributed by atoms with Crippen molar-refractivity contribution in [2.75, 3.05) is 32.0 Å². The molecule has 37 heavy (non-hydrogen) atoms. The van der Waals surface area contributed by atoms with Gasteiger partial charge in [0, 0.05) is 76.2 Å². The van der Waals surface area contributed by atoms with E-state index in [1.54, 1.807) is 6.20 Å². The van der Waals surface area contributed by atoms with E-state index in [4.69, 9.17) is 0 Å². The number of nitrogens with zero attached hydrogens (tertiary/aromatic N) is 3. The van der Waals surface area contributed by atoms with Gasteiger partial charge < -0.3 is 20.5 Å². The van der Waals surface area contributed by atoms with Crippen LogP contribution >= 0.6 is 11.3 Å². The van der Waals surface area contributed by atoms with E-state index < -0.39 is 0 Å². The Bertz CT molecular complexity index is 1590. The summed E-state index contributed by atoms with van der Waals surface area (Å²) in [7, 11) is 2.22. The third-order valence-corrected chi connectivity index (χ3v) is 8.25. The zero-order valence-electron chi connectivity index (χ0n) is 20.7. The number of piperazine rings is 1. The van der Waals surface area contributed by atoms with Crippen molar-refractivity contribution in [1.29, 1.82) is 5.26 Å². The second-order valence-electron chi connectivity index (χ2n) is 9.52. The summed E-state index contributed by atoms with van der Waals surface area (Å²) in [5.74, 6) is 0. The summed E-state index contributed by atoms with van der Waals surface area (Å²) in [5.41, 5.74) is 6.39. The van der Waals surface area contributed by atoms with Gasteiger partial charge in [0.25, 0.3) is 0 Å². The number of likely N-dealkylation sites (N-methyl/N-ethyl adjacent to an activating group) is 1. The van der Waals surface area contributed by atoms with Crippen molar-refractivity contribution < 1.29 is 0 Å². The van der Waals surface area contributed by atoms with E-state index in [1.165, 1.54) is 15.3 Å². The average molecular weight is 505 g/mol. The summed E-state index contributed by atoms with van der Waals surface area (Å²) in [5, 5.41) is 18.0. The highest BCUT2D eigenvalue weighted by molar-refractivity contribution is 7.15. The number of hydrogen-bond acceptors (Lipinski definition) is 6. The highest BCUT2D eigenvalue weighted by Gasteiger charge is 2.20. The number of aromatic amines is 1. The molecule has 1 aliphatic heterocycles. The molecule has 0 radical (unpaired) electrons. The molecule has 1 atom stereocenters. The van der Waals surface area contributed by atoms with Gasteiger partial charge >= 0.3 is 0 Å². The van der Waals surface area contributed by atoms with Gasteiger partial charge in [0.15, 0.2) is 0 Å². The van der Waals surface area contributed by atoms with E-state index in [0.717, 1.165) is 59.5 Å². The molecule has 5 aromatic rings. The molecule has 2 aromatic carbocycles. The molecule has 4 heterocycles. The second kappa shape index (κ2) is 10.2. The molecular formula is C30H28N6S. The van der Waals surface area contributed by atoms with Crippen LogP contribution in [0.4, 0.5) is 11.4 Å². The van der Waals surface area contributed by atoms with Crippen molar-refractivity contribution in [2.45, 2.75) is 12.5 Å². The third-order valence-electron chi connectivity index (χ3n) is 7.09. The normalized spacial score (nSPS) is 16.1. The Morgan fingerprint density at radius 3 is 2.92 bits per heavy atom. The van der Waals surface area contributed by atoms with Crippen molar-refractivity contribution >= 4 is 33.6 Å². The quantitative estimate of drug-likeness (QED) is 0.264. The van der Waals surface area contributed by atoms with Gasteiger partial charge in [-0.15, -0.1) is 11.3 Å². The summed E-state index contributed by atoms with van der Waals surface area (Å²) in [6.07, 6.45) is 6.44. The maximum Gasteiger partial charge on any atom is 0.103 e. The number of pyridine rings is 1. The largest absolute Gasteiger partial charge is 0.361 e. The van der Waals surface area contributed by atoms with E-state index in [0.29, 0.717) is 11.6 Å². The number of nitrogens with one attached hydrogen (secondary N) is 3. The molecule has 3 aromatic heterocycles. The number of hydrogen-bond donors (Lipinski definition) is 3. The van der Waals surface area contributed by atoms with Gasteiger partial charge in [-0.3, -0.25) is 4.98 Å². The first-order valence-corrected chi connectivity index (χ1v) is 13.3. The van der Waals surface area contributed by atoms with Gasteiger partial charge in [-0.25, -0.2) is 0 Å². The van der Waals surface area contributed by atoms with Gasteiger partial charge in [0.05, 0.1) is 11.3 Å². The lowest BCUT2D eigenvalue weighted by atomic mass is 10.0. The number of thiophene rings is 1. The van der Waals surface area contributed by atoms with E-state index >= 15 is 0 Å². The molecule has 1 aliphatic rings. The van der Waals surface area contributed by atoms with E-state index in [-0.39, 0.29) is 0 Å². The molecule has 3 N–H and O–H groups in total. The highest BCUT2D eigenvalue weighted by Crippen LogP contribution is 2.36. The topological polar surface area (TPSA) is 79.8 Å². The first kappa shape index (κ1) is 23.4. The molecule has 0 aliphatic carbocycles. The Morgan fingerprint density at radius 2 is 2.03 bits per heavy atom. The zero-order chi connectivity index (χ0) is 25.2. The molecule has 6 rings (SSSR count). The minimum absolute atomic E-state index is 0.515. The second-order valence-corrected chi connectivity index (χ2v) is 10.7. The van der Waals surface area contributed by atoms with E-state index in [9.17, 15) is 5.26 Å². The molecule has 0 bridgehead atoms. The number of H-pyrrole nitrogens is 1. The van der Waals surface area contributed by atoms with Crippen molar-refractivity contribution in [3.63, 3.8) is 0 Å². The monoisotopic (exact) mass is 504 g/mol. The Kier molecular flexibility index (Phi) is 6.46. The summed E-state index contributed by atoms with van der Waals surface area (Å²) < 4.78 is 0. The van der Waals surface area contributed by atoms with Crippen LogP contribution in [0.5, 0.6) is 0 Å². The van der Waals surface area contributed by atoms with Gasteiger partial charge in [0.1, 0.15) is 6.07 Å². The lowest BCUT2D eigenvalue weighted by Gasteiger charge is -2.32. The average Bonchev–Trinajstić information content (AvgIpc) is 3.60. The smallest absolute Gasteiger partial charge is 0.103 e. The summed E-state index contributed by atoms with van der Waals surface area (Å²) in [6, 6.07) is 24.0. The summed E-state index contributed by atoms with van der Waals surface area (Å²) >= 11 is 1.86. The Labute approximate surface area is 220 Å². The first-order valence-electron chi connectivity index (χ1n) is 12.5. The van der Waals surface area contributed by atoms with E-state index in [2.05, 4.69) is 81.1 Å². The predicted molar refractivity (Wildman–Crippen MR) is 152 cm³/mol. The lowest BCUT2D eigenvalue weighted by molar-refractivity contribution is 0.200. The van der Waals surface area contributed by atoms with Crippen LogP contribution in [0.2, 0.25) is 0 Å². The molecule has 184 valence electrons. The molecule has 1 fully saturated rings. The SMILES string of the molecule is CN1CCNCC1Cc1ccc(-c2cccc(-c3cncc(C#N)c3Nc3ccc4[nH]ccc4c3)c2)s1. The zero-order valence-corrected chi connectivity index (χ0v) is 21.5. The van der Waals surface area contributed by atoms with Crippen molar-refractivity contribution in [3.8, 4) is 27.6 Å². The van der Waals surface area contributed by atoms with Crippen LogP contribution < -0.4 is 10.6 Å². The maximum atomic E-state index is 9.85. The Balaban J connectivity index is 1.31. The van der Waals surface area contributed by atoms with Crippen molar-refractivity contribution in [1.82, 2.24) is 20.2 Å². The van der Waals surface area contributed by atoms with Gasteiger partial charge in [-0.2, -0.15) is 5.26 Å². The maximum absolute atomic E-state index is 9.85. The number of rotatable bonds is 6. The fourth-order valence-corrected chi connectivity index (χ4v) is 6.05. The number of benzene rings is 2. The Morgan fingerprint density at radius 1 is 1.11 bits per heavy atom. The molecule has 7 heteroatoms. The summed E-state index contributed by atoms with van der Waals surface area (Å²) in [6.45, 7) is 3.19. The van der Waals surface area contributed by atoms with Crippen LogP contribution in [0, 0.1) is 11.3 Å². The van der Waals surface area contributed by atoms with Crippen molar-refractivity contribution in [2.24, 2.45) is 0 Å². The third kappa shape index (κ3) is 4.87. The highest BCUT2D eigenvalue weighted by atomic mass is 32.1. The molecule has 0 amide bonds. The standard InChI is InChI=1S/C30H28N6S/c1-36-12-11-32-18-25(36)15-26-6-8-29(37-26)22-4-2-3-20(13-22)27-19-33-17-23(16-31)30(27)35-24-5-7-28-21(14-24)9-10-34-28/h2-10,13-14,17,19,25,32,34H,11-12,15,18H2,1H3,(H,33,35). The van der Waals surface area contributed by atoms with Crippen LogP contribution in [-0.4, -0.2) is 47.6 Å². The van der Waals surface area contributed by atoms with Crippen LogP contribution in [0.15, 0.2) is 79.3 Å². The molecule has 6 nitrogen and oxygen atoms in total. The van der Waals surface area contributed by atoms with Crippen molar-refractivity contribution in [3.05, 3.63) is 89.7 Å². The van der Waals surface area contributed by atoms with Gasteiger partial charge in [-0.05, 0) is 67.1 Å². The fraction of sp³-hybridized carbons (Fsp3) is 0.200. The molecule has 1 saturated heterocycles. The van der Waals surface area contributed by atoms with E-state index in [1.807, 2.05) is 41.9 Å². The van der Waals surface area contributed by atoms with Crippen LogP contribution in [0.25, 0.3) is 32.5 Å².